The number of urea groups is 1. The first-order chi connectivity index (χ1) is 21.4. The van der Waals surface area contributed by atoms with Crippen molar-refractivity contribution in [2.75, 3.05) is 28.6 Å². The number of hydrogen-bond donors (Lipinski definition) is 2. The second-order valence-corrected chi connectivity index (χ2v) is 11.9. The van der Waals surface area contributed by atoms with Crippen LogP contribution in [0.3, 0.4) is 0 Å². The molecule has 44 heavy (non-hydrogen) atoms. The highest BCUT2D eigenvalue weighted by Crippen LogP contribution is 2.45. The van der Waals surface area contributed by atoms with Crippen LogP contribution in [0.15, 0.2) is 73.1 Å². The van der Waals surface area contributed by atoms with Crippen LogP contribution < -0.4 is 20.3 Å². The number of carbonyl (C=O) groups excluding carboxylic acids is 2. The third-order valence-corrected chi connectivity index (χ3v) is 8.93. The Kier molecular flexibility index (Phi) is 7.41. The maximum Gasteiger partial charge on any atom is 0.332 e. The molecule has 2 aliphatic heterocycles. The molecule has 11 heteroatoms. The summed E-state index contributed by atoms with van der Waals surface area (Å²) in [6.07, 6.45) is 5.17. The van der Waals surface area contributed by atoms with Crippen molar-refractivity contribution < 1.29 is 18.7 Å². The molecule has 1 saturated heterocycles. The Labute approximate surface area is 257 Å². The molecule has 2 aromatic heterocycles. The Balaban J connectivity index is 1.13. The van der Waals surface area contributed by atoms with E-state index in [-0.39, 0.29) is 5.91 Å². The SMILES string of the molecule is Cc1cc(N2C(=O)Nc3c(C(=O)Nc4ccc(CN5CCCCC5)cc4)sc4ncnc2c34)ccc1Oc1cccc(F)c1. The average molecular weight is 609 g/mol. The molecule has 3 amide bonds. The number of aromatic nitrogens is 2. The second kappa shape index (κ2) is 11.7. The molecule has 222 valence electrons. The van der Waals surface area contributed by atoms with Gasteiger partial charge >= 0.3 is 6.03 Å². The minimum Gasteiger partial charge on any atom is -0.457 e. The fourth-order valence-electron chi connectivity index (χ4n) is 5.67. The number of halogens is 1. The zero-order valence-corrected chi connectivity index (χ0v) is 24.8. The molecule has 9 nitrogen and oxygen atoms in total. The molecular weight excluding hydrogens is 579 g/mol. The zero-order chi connectivity index (χ0) is 30.2. The molecule has 0 radical (unpaired) electrons. The number of nitrogens with zero attached hydrogens (tertiary/aromatic N) is 4. The number of amides is 3. The number of anilines is 4. The second-order valence-electron chi connectivity index (χ2n) is 10.9. The van der Waals surface area contributed by atoms with E-state index in [9.17, 15) is 14.0 Å². The predicted molar refractivity (Wildman–Crippen MR) is 170 cm³/mol. The molecule has 1 fully saturated rings. The third kappa shape index (κ3) is 5.47. The molecule has 2 N–H and O–H groups in total. The number of rotatable bonds is 7. The van der Waals surface area contributed by atoms with Crippen molar-refractivity contribution in [2.24, 2.45) is 0 Å². The Hall–Kier alpha value is -4.87. The normalized spacial score (nSPS) is 14.9. The predicted octanol–water partition coefficient (Wildman–Crippen LogP) is 7.85. The van der Waals surface area contributed by atoms with Crippen LogP contribution in [0.2, 0.25) is 0 Å². The van der Waals surface area contributed by atoms with Crippen LogP contribution in [0.25, 0.3) is 10.2 Å². The van der Waals surface area contributed by atoms with Crippen LogP contribution in [0.4, 0.5) is 32.1 Å². The van der Waals surface area contributed by atoms with Gasteiger partial charge < -0.3 is 15.4 Å². The van der Waals surface area contributed by atoms with Crippen LogP contribution >= 0.6 is 11.3 Å². The van der Waals surface area contributed by atoms with Crippen LogP contribution in [-0.2, 0) is 6.54 Å². The molecule has 0 saturated carbocycles. The van der Waals surface area contributed by atoms with E-state index in [0.29, 0.717) is 49.5 Å². The van der Waals surface area contributed by atoms with Crippen LogP contribution in [0, 0.1) is 12.7 Å². The first kappa shape index (κ1) is 27.9. The minimum atomic E-state index is -0.454. The minimum absolute atomic E-state index is 0.332. The fourth-order valence-corrected chi connectivity index (χ4v) is 6.65. The van der Waals surface area contributed by atoms with Crippen LogP contribution in [-0.4, -0.2) is 39.9 Å². The van der Waals surface area contributed by atoms with Crippen LogP contribution in [0.1, 0.15) is 40.1 Å². The summed E-state index contributed by atoms with van der Waals surface area (Å²) < 4.78 is 19.5. The van der Waals surface area contributed by atoms with Crippen molar-refractivity contribution in [3.8, 4) is 11.5 Å². The van der Waals surface area contributed by atoms with E-state index in [0.717, 1.165) is 25.2 Å². The number of piperidine rings is 1. The lowest BCUT2D eigenvalue weighted by Gasteiger charge is -2.27. The van der Waals surface area contributed by atoms with Crippen LogP contribution in [0.5, 0.6) is 11.5 Å². The number of nitrogens with one attached hydrogen (secondary N) is 2. The van der Waals surface area contributed by atoms with Gasteiger partial charge in [0, 0.05) is 18.3 Å². The lowest BCUT2D eigenvalue weighted by Crippen LogP contribution is -2.35. The van der Waals surface area contributed by atoms with Crippen molar-refractivity contribution >= 4 is 56.4 Å². The van der Waals surface area contributed by atoms with E-state index in [2.05, 4.69) is 25.5 Å². The highest BCUT2D eigenvalue weighted by molar-refractivity contribution is 7.21. The Morgan fingerprint density at radius 3 is 2.64 bits per heavy atom. The summed E-state index contributed by atoms with van der Waals surface area (Å²) in [6, 6.07) is 18.6. The summed E-state index contributed by atoms with van der Waals surface area (Å²) in [4.78, 5) is 40.6. The van der Waals surface area contributed by atoms with Gasteiger partial charge in [0.1, 0.15) is 33.4 Å². The lowest BCUT2D eigenvalue weighted by atomic mass is 10.1. The monoisotopic (exact) mass is 608 g/mol. The molecule has 2 aliphatic rings. The quantitative estimate of drug-likeness (QED) is 0.195. The van der Waals surface area contributed by atoms with E-state index in [1.807, 2.05) is 31.2 Å². The molecule has 0 bridgehead atoms. The number of thiophene rings is 1. The van der Waals surface area contributed by atoms with Gasteiger partial charge in [0.2, 0.25) is 0 Å². The summed E-state index contributed by atoms with van der Waals surface area (Å²) in [5, 5.41) is 6.47. The third-order valence-electron chi connectivity index (χ3n) is 7.83. The van der Waals surface area contributed by atoms with Crippen molar-refractivity contribution in [1.29, 1.82) is 0 Å². The Morgan fingerprint density at radius 2 is 1.86 bits per heavy atom. The number of carbonyl (C=O) groups is 2. The molecule has 0 atom stereocenters. The first-order valence-corrected chi connectivity index (χ1v) is 15.3. The maximum absolute atomic E-state index is 13.6. The molecule has 0 spiro atoms. The van der Waals surface area contributed by atoms with Gasteiger partial charge in [-0.3, -0.25) is 9.69 Å². The van der Waals surface area contributed by atoms with Crippen molar-refractivity contribution in [3.63, 3.8) is 0 Å². The summed E-state index contributed by atoms with van der Waals surface area (Å²) in [7, 11) is 0. The molecule has 7 rings (SSSR count). The van der Waals surface area contributed by atoms with Gasteiger partial charge in [0.25, 0.3) is 5.91 Å². The molecular formula is C33H29FN6O3S. The number of hydrogen-bond acceptors (Lipinski definition) is 7. The summed E-state index contributed by atoms with van der Waals surface area (Å²) in [5.41, 5.74) is 3.57. The van der Waals surface area contributed by atoms with Gasteiger partial charge in [-0.05, 0) is 86.4 Å². The standard InChI is InChI=1S/C33H29FN6O3S/c1-20-16-24(12-13-26(20)43-25-7-5-6-22(34)17-25)40-30-27-28(38-33(40)42)29(44-32(27)36-19-35-30)31(41)37-23-10-8-21(9-11-23)18-39-14-3-2-4-15-39/h5-13,16-17,19H,2-4,14-15,18H2,1H3,(H,37,41)(H,38,42). The summed E-state index contributed by atoms with van der Waals surface area (Å²) in [6.45, 7) is 4.99. The number of likely N-dealkylation sites (tertiary alicyclic amines) is 1. The largest absolute Gasteiger partial charge is 0.457 e. The maximum atomic E-state index is 13.6. The number of ether oxygens (including phenoxy) is 1. The Morgan fingerprint density at radius 1 is 1.05 bits per heavy atom. The molecule has 0 aliphatic carbocycles. The van der Waals surface area contributed by atoms with E-state index >= 15 is 0 Å². The van der Waals surface area contributed by atoms with E-state index in [4.69, 9.17) is 4.74 Å². The molecule has 0 unspecified atom stereocenters. The smallest absolute Gasteiger partial charge is 0.332 e. The first-order valence-electron chi connectivity index (χ1n) is 14.5. The van der Waals surface area contributed by atoms with E-state index < -0.39 is 11.8 Å². The highest BCUT2D eigenvalue weighted by atomic mass is 32.1. The topological polar surface area (TPSA) is 99.7 Å². The summed E-state index contributed by atoms with van der Waals surface area (Å²) >= 11 is 1.20. The molecule has 3 aromatic carbocycles. The van der Waals surface area contributed by atoms with Crippen molar-refractivity contribution in [1.82, 2.24) is 14.9 Å². The van der Waals surface area contributed by atoms with Gasteiger partial charge in [0.05, 0.1) is 16.8 Å². The van der Waals surface area contributed by atoms with Gasteiger partial charge in [-0.25, -0.2) is 24.1 Å². The summed E-state index contributed by atoms with van der Waals surface area (Å²) in [5.74, 6) is 0.552. The Bertz CT molecular complexity index is 1890. The average Bonchev–Trinajstić information content (AvgIpc) is 3.39. The molecule has 5 aromatic rings. The van der Waals surface area contributed by atoms with Gasteiger partial charge in [-0.15, -0.1) is 11.3 Å². The van der Waals surface area contributed by atoms with Crippen molar-refractivity contribution in [2.45, 2.75) is 32.7 Å². The van der Waals surface area contributed by atoms with E-state index in [1.54, 1.807) is 30.3 Å². The zero-order valence-electron chi connectivity index (χ0n) is 24.0. The van der Waals surface area contributed by atoms with Gasteiger partial charge in [-0.1, -0.05) is 24.6 Å². The van der Waals surface area contributed by atoms with Gasteiger partial charge in [0.15, 0.2) is 5.82 Å². The van der Waals surface area contributed by atoms with Crippen molar-refractivity contribution in [3.05, 3.63) is 94.9 Å². The van der Waals surface area contributed by atoms with Gasteiger partial charge in [-0.2, -0.15) is 0 Å². The lowest BCUT2D eigenvalue weighted by molar-refractivity contribution is 0.103. The fraction of sp³-hybridized carbons (Fsp3) is 0.212. The number of benzene rings is 3. The van der Waals surface area contributed by atoms with E-state index in [1.165, 1.54) is 59.5 Å². The highest BCUT2D eigenvalue weighted by Gasteiger charge is 2.34. The number of aryl methyl sites for hydroxylation is 1. The molecule has 4 heterocycles.